The van der Waals surface area contributed by atoms with E-state index < -0.39 is 12.0 Å². The first-order valence-corrected chi connectivity index (χ1v) is 3.93. The number of amides is 1. The first-order valence-electron chi connectivity index (χ1n) is 3.93. The van der Waals surface area contributed by atoms with E-state index in [0.29, 0.717) is 23.4 Å². The predicted molar refractivity (Wildman–Crippen MR) is 45.6 cm³/mol. The molecule has 0 aliphatic heterocycles. The summed E-state index contributed by atoms with van der Waals surface area (Å²) in [4.78, 5) is 21.0. The van der Waals surface area contributed by atoms with Crippen LogP contribution in [0.1, 0.15) is 23.1 Å². The minimum atomic E-state index is -1.15. The molecule has 1 atom stereocenters. The molecule has 0 aliphatic rings. The number of carboxylic acid groups (broad SMARTS) is 1. The third-order valence-electron chi connectivity index (χ3n) is 1.86. The van der Waals surface area contributed by atoms with Gasteiger partial charge in [0.05, 0.1) is 11.3 Å². The van der Waals surface area contributed by atoms with Crippen molar-refractivity contribution in [3.8, 4) is 0 Å². The molecule has 6 nitrogen and oxygen atoms in total. The molecule has 0 radical (unpaired) electrons. The van der Waals surface area contributed by atoms with E-state index in [-0.39, 0.29) is 0 Å². The second-order valence-corrected chi connectivity index (χ2v) is 2.79. The van der Waals surface area contributed by atoms with Crippen molar-refractivity contribution >= 4 is 12.4 Å². The van der Waals surface area contributed by atoms with Gasteiger partial charge in [-0.15, -0.1) is 0 Å². The Hall–Kier alpha value is -1.85. The third-order valence-corrected chi connectivity index (χ3v) is 1.86. The number of hydrogen-bond donors (Lipinski definition) is 2. The molecule has 0 saturated carbocycles. The molecule has 1 aromatic heterocycles. The number of aliphatic carboxylic acids is 1. The molecule has 0 aliphatic carbocycles. The molecule has 14 heavy (non-hydrogen) atoms. The van der Waals surface area contributed by atoms with Crippen LogP contribution in [0.15, 0.2) is 4.52 Å². The maximum absolute atomic E-state index is 10.8. The van der Waals surface area contributed by atoms with Gasteiger partial charge in [-0.25, -0.2) is 4.79 Å². The van der Waals surface area contributed by atoms with Crippen LogP contribution < -0.4 is 5.32 Å². The number of nitrogens with one attached hydrogen (secondary N) is 1. The van der Waals surface area contributed by atoms with Gasteiger partial charge in [0.15, 0.2) is 6.04 Å². The van der Waals surface area contributed by atoms with Crippen molar-refractivity contribution in [1.29, 1.82) is 0 Å². The summed E-state index contributed by atoms with van der Waals surface area (Å²) < 4.78 is 4.80. The van der Waals surface area contributed by atoms with Crippen molar-refractivity contribution in [2.45, 2.75) is 19.9 Å². The Balaban J connectivity index is 3.10. The predicted octanol–water partition coefficient (Wildman–Crippen LogP) is 0.163. The smallest absolute Gasteiger partial charge is 0.331 e. The molecule has 1 aromatic rings. The van der Waals surface area contributed by atoms with E-state index in [0.717, 1.165) is 0 Å². The number of nitrogens with zero attached hydrogens (tertiary/aromatic N) is 1. The fourth-order valence-corrected chi connectivity index (χ4v) is 1.25. The van der Waals surface area contributed by atoms with Crippen LogP contribution in [0.25, 0.3) is 0 Å². The van der Waals surface area contributed by atoms with Crippen LogP contribution >= 0.6 is 0 Å². The number of carbonyl (C=O) groups is 2. The first-order chi connectivity index (χ1) is 6.57. The van der Waals surface area contributed by atoms with Crippen LogP contribution in [0.2, 0.25) is 0 Å². The van der Waals surface area contributed by atoms with Crippen molar-refractivity contribution in [2.75, 3.05) is 0 Å². The van der Waals surface area contributed by atoms with E-state index in [1.54, 1.807) is 13.8 Å². The van der Waals surface area contributed by atoms with Crippen molar-refractivity contribution in [3.63, 3.8) is 0 Å². The normalized spacial score (nSPS) is 12.1. The summed E-state index contributed by atoms with van der Waals surface area (Å²) in [5.41, 5.74) is 0.855. The van der Waals surface area contributed by atoms with Crippen molar-refractivity contribution in [1.82, 2.24) is 10.5 Å². The third kappa shape index (κ3) is 1.73. The molecule has 0 saturated heterocycles. The van der Waals surface area contributed by atoms with Gasteiger partial charge in [0.1, 0.15) is 5.76 Å². The molecule has 6 heteroatoms. The average molecular weight is 198 g/mol. The van der Waals surface area contributed by atoms with Crippen molar-refractivity contribution < 1.29 is 19.2 Å². The zero-order valence-corrected chi connectivity index (χ0v) is 7.77. The Bertz CT molecular complexity index is 339. The van der Waals surface area contributed by atoms with Crippen LogP contribution in [-0.2, 0) is 9.59 Å². The summed E-state index contributed by atoms with van der Waals surface area (Å²) in [5, 5.41) is 14.6. The number of carboxylic acids is 1. The van der Waals surface area contributed by atoms with E-state index in [1.807, 2.05) is 0 Å². The summed E-state index contributed by atoms with van der Waals surface area (Å²) >= 11 is 0. The second kappa shape index (κ2) is 3.91. The summed E-state index contributed by atoms with van der Waals surface area (Å²) in [7, 11) is 0. The van der Waals surface area contributed by atoms with Gasteiger partial charge in [0.2, 0.25) is 6.41 Å². The summed E-state index contributed by atoms with van der Waals surface area (Å²) in [6.45, 7) is 3.21. The summed E-state index contributed by atoms with van der Waals surface area (Å²) in [6.07, 6.45) is 0.338. The zero-order chi connectivity index (χ0) is 10.7. The molecule has 0 bridgehead atoms. The van der Waals surface area contributed by atoms with E-state index >= 15 is 0 Å². The second-order valence-electron chi connectivity index (χ2n) is 2.79. The van der Waals surface area contributed by atoms with Gasteiger partial charge in [0.25, 0.3) is 0 Å². The monoisotopic (exact) mass is 198 g/mol. The van der Waals surface area contributed by atoms with Gasteiger partial charge in [-0.1, -0.05) is 5.16 Å². The van der Waals surface area contributed by atoms with E-state index in [2.05, 4.69) is 10.5 Å². The highest BCUT2D eigenvalue weighted by Crippen LogP contribution is 2.20. The molecule has 0 aromatic carbocycles. The SMILES string of the molecule is Cc1noc(C)c1C(NC=O)C(=O)O. The Kier molecular flexibility index (Phi) is 2.85. The Morgan fingerprint density at radius 1 is 1.64 bits per heavy atom. The molecular weight excluding hydrogens is 188 g/mol. The fourth-order valence-electron chi connectivity index (χ4n) is 1.25. The maximum Gasteiger partial charge on any atom is 0.331 e. The van der Waals surface area contributed by atoms with Gasteiger partial charge in [-0.2, -0.15) is 0 Å². The van der Waals surface area contributed by atoms with E-state index in [4.69, 9.17) is 9.63 Å². The maximum atomic E-state index is 10.8. The lowest BCUT2D eigenvalue weighted by atomic mass is 10.1. The van der Waals surface area contributed by atoms with Crippen LogP contribution in [-0.4, -0.2) is 22.6 Å². The largest absolute Gasteiger partial charge is 0.479 e. The molecular formula is C8H10N2O4. The number of rotatable bonds is 4. The molecule has 1 unspecified atom stereocenters. The highest BCUT2D eigenvalue weighted by atomic mass is 16.5. The molecule has 1 rings (SSSR count). The van der Waals surface area contributed by atoms with Crippen LogP contribution in [0, 0.1) is 13.8 Å². The Morgan fingerprint density at radius 2 is 2.29 bits per heavy atom. The van der Waals surface area contributed by atoms with Gasteiger partial charge >= 0.3 is 5.97 Å². The van der Waals surface area contributed by atoms with E-state index in [1.165, 1.54) is 0 Å². The number of aryl methyl sites for hydroxylation is 2. The highest BCUT2D eigenvalue weighted by Gasteiger charge is 2.25. The molecule has 0 fully saturated rings. The first kappa shape index (κ1) is 10.2. The topological polar surface area (TPSA) is 92.4 Å². The van der Waals surface area contributed by atoms with Crippen LogP contribution in [0.5, 0.6) is 0 Å². The van der Waals surface area contributed by atoms with Crippen LogP contribution in [0.3, 0.4) is 0 Å². The molecule has 2 N–H and O–H groups in total. The van der Waals surface area contributed by atoms with Gasteiger partial charge in [0, 0.05) is 0 Å². The number of aromatic nitrogens is 1. The average Bonchev–Trinajstić information content (AvgIpc) is 2.43. The quantitative estimate of drug-likeness (QED) is 0.672. The molecule has 1 heterocycles. The standard InChI is InChI=1S/C8H10N2O4/c1-4-6(5(2)14-10-4)7(8(12)13)9-3-11/h3,7H,1-2H3,(H,9,11)(H,12,13). The lowest BCUT2D eigenvalue weighted by molar-refractivity contribution is -0.140. The van der Waals surface area contributed by atoms with Crippen molar-refractivity contribution in [3.05, 3.63) is 17.0 Å². The van der Waals surface area contributed by atoms with Gasteiger partial charge in [-0.3, -0.25) is 4.79 Å². The fraction of sp³-hybridized carbons (Fsp3) is 0.375. The molecule has 1 amide bonds. The van der Waals surface area contributed by atoms with E-state index in [9.17, 15) is 9.59 Å². The Morgan fingerprint density at radius 3 is 2.64 bits per heavy atom. The zero-order valence-electron chi connectivity index (χ0n) is 7.77. The summed E-state index contributed by atoms with van der Waals surface area (Å²) in [6, 6.07) is -1.10. The highest BCUT2D eigenvalue weighted by molar-refractivity contribution is 5.78. The number of carbonyl (C=O) groups excluding carboxylic acids is 1. The van der Waals surface area contributed by atoms with Gasteiger partial charge in [-0.05, 0) is 13.8 Å². The minimum Gasteiger partial charge on any atom is -0.479 e. The minimum absolute atomic E-state index is 0.338. The number of hydrogen-bond acceptors (Lipinski definition) is 4. The lowest BCUT2D eigenvalue weighted by Crippen LogP contribution is -2.28. The van der Waals surface area contributed by atoms with Gasteiger partial charge < -0.3 is 14.9 Å². The molecule has 76 valence electrons. The lowest BCUT2D eigenvalue weighted by Gasteiger charge is -2.09. The molecule has 0 spiro atoms. The Labute approximate surface area is 79.9 Å². The van der Waals surface area contributed by atoms with Crippen molar-refractivity contribution in [2.24, 2.45) is 0 Å². The summed E-state index contributed by atoms with van der Waals surface area (Å²) in [5.74, 6) is -0.754. The van der Waals surface area contributed by atoms with Crippen LogP contribution in [0.4, 0.5) is 0 Å².